The van der Waals surface area contributed by atoms with E-state index in [2.05, 4.69) is 24.7 Å². The average Bonchev–Trinajstić information content (AvgIpc) is 4.14. The van der Waals surface area contributed by atoms with E-state index in [4.69, 9.17) is 9.15 Å². The number of hydrogen-bond donors (Lipinski definition) is 1. The molecule has 2 aliphatic heterocycles. The number of hydrogen-bond acceptors (Lipinski definition) is 11. The lowest BCUT2D eigenvalue weighted by Crippen LogP contribution is -2.46. The highest BCUT2D eigenvalue weighted by Gasteiger charge is 2.61. The Morgan fingerprint density at radius 1 is 0.984 bits per heavy atom. The van der Waals surface area contributed by atoms with Crippen molar-refractivity contribution in [2.24, 2.45) is 17.3 Å². The van der Waals surface area contributed by atoms with Crippen molar-refractivity contribution >= 4 is 49.7 Å². The fourth-order valence-corrected chi connectivity index (χ4v) is 10.1. The number of nitrogens with one attached hydrogen (secondary N) is 1. The first kappa shape index (κ1) is 41.6. The molecule has 9 rings (SSSR count). The normalized spacial score (nSPS) is 25.5. The van der Waals surface area contributed by atoms with Crippen molar-refractivity contribution in [3.05, 3.63) is 90.3 Å². The number of halogens is 4. The summed E-state index contributed by atoms with van der Waals surface area (Å²) in [6.45, 7) is -0.115. The van der Waals surface area contributed by atoms with Gasteiger partial charge >= 0.3 is 6.18 Å². The zero-order valence-electron chi connectivity index (χ0n) is 33.3. The molecule has 0 radical (unpaired) electrons. The van der Waals surface area contributed by atoms with E-state index in [0.29, 0.717) is 48.6 Å². The van der Waals surface area contributed by atoms with Crippen molar-refractivity contribution in [1.29, 1.82) is 0 Å². The van der Waals surface area contributed by atoms with Crippen molar-refractivity contribution in [2.75, 3.05) is 6.54 Å². The van der Waals surface area contributed by atoms with Crippen molar-refractivity contribution in [1.82, 2.24) is 29.6 Å². The molecule has 0 unspecified atom stereocenters. The Kier molecular flexibility index (Phi) is 10.8. The summed E-state index contributed by atoms with van der Waals surface area (Å²) in [5, 5.41) is -0.0664. The molecule has 2 amide bonds. The number of sulfonamides is 1. The van der Waals surface area contributed by atoms with E-state index in [0.717, 1.165) is 31.0 Å². The number of rotatable bonds is 8. The van der Waals surface area contributed by atoms with Gasteiger partial charge in [0.2, 0.25) is 33.4 Å². The number of para-hydroxylation sites is 1. The molecule has 3 aromatic heterocycles. The summed E-state index contributed by atoms with van der Waals surface area (Å²) >= 11 is 0. The van der Waals surface area contributed by atoms with E-state index in [1.165, 1.54) is 23.2 Å². The van der Waals surface area contributed by atoms with Crippen LogP contribution in [0.3, 0.4) is 0 Å². The fraction of sp³-hybridized carbons (Fsp3) is 0.432. The molecule has 1 saturated heterocycles. The molecule has 13 nitrogen and oxygen atoms in total. The summed E-state index contributed by atoms with van der Waals surface area (Å²) in [5.41, 5.74) is -1.01. The Morgan fingerprint density at radius 2 is 1.77 bits per heavy atom. The van der Waals surface area contributed by atoms with Crippen LogP contribution in [0.5, 0.6) is 5.88 Å². The monoisotopic (exact) mass is 874 g/mol. The number of furan rings is 1. The van der Waals surface area contributed by atoms with Crippen molar-refractivity contribution in [3.8, 4) is 17.3 Å². The number of carbonyl (C=O) groups is 3. The maximum Gasteiger partial charge on any atom is 0.416 e. The fourth-order valence-electron chi connectivity index (χ4n) is 8.75. The number of amides is 2. The van der Waals surface area contributed by atoms with Crippen LogP contribution in [0, 0.1) is 23.2 Å². The highest BCUT2D eigenvalue weighted by Crippen LogP contribution is 2.57. The van der Waals surface area contributed by atoms with Gasteiger partial charge in [-0.3, -0.25) is 19.1 Å². The minimum Gasteiger partial charge on any atom is -0.470 e. The molecule has 0 bridgehead atoms. The van der Waals surface area contributed by atoms with Crippen LogP contribution in [0.25, 0.3) is 33.5 Å². The lowest BCUT2D eigenvalue weighted by atomic mass is 9.90. The maximum atomic E-state index is 14.8. The van der Waals surface area contributed by atoms with Gasteiger partial charge in [-0.05, 0) is 68.7 Å². The van der Waals surface area contributed by atoms with Crippen LogP contribution >= 0.6 is 0 Å². The first-order valence-electron chi connectivity index (χ1n) is 20.8. The quantitative estimate of drug-likeness (QED) is 0.0942. The van der Waals surface area contributed by atoms with Crippen LogP contribution in [0.2, 0.25) is 0 Å². The van der Waals surface area contributed by atoms with Crippen molar-refractivity contribution in [2.45, 2.75) is 94.2 Å². The molecule has 2 aromatic carbocycles. The average molecular weight is 875 g/mol. The van der Waals surface area contributed by atoms with Crippen LogP contribution in [-0.2, 0) is 37.0 Å². The molecule has 1 N–H and O–H groups in total. The van der Waals surface area contributed by atoms with Gasteiger partial charge in [-0.1, -0.05) is 49.3 Å². The molecule has 18 heteroatoms. The number of carbonyl (C=O) groups excluding carboxylic acids is 3. The van der Waals surface area contributed by atoms with E-state index in [1.807, 2.05) is 12.2 Å². The summed E-state index contributed by atoms with van der Waals surface area (Å²) < 4.78 is 95.6. The molecule has 0 spiro atoms. The summed E-state index contributed by atoms with van der Waals surface area (Å²) in [7, 11) is -3.93. The zero-order valence-corrected chi connectivity index (χ0v) is 34.1. The molecule has 5 atom stereocenters. The van der Waals surface area contributed by atoms with Gasteiger partial charge < -0.3 is 14.1 Å². The smallest absolute Gasteiger partial charge is 0.416 e. The molecule has 2 aliphatic carbocycles. The van der Waals surface area contributed by atoms with Gasteiger partial charge in [0.25, 0.3) is 5.88 Å². The molecule has 3 fully saturated rings. The van der Waals surface area contributed by atoms with Crippen LogP contribution in [0.4, 0.5) is 17.6 Å². The largest absolute Gasteiger partial charge is 0.470 e. The number of ketones is 1. The number of allylic oxidation sites excluding steroid dienone is 2. The molecule has 5 aromatic rings. The molecule has 62 heavy (non-hydrogen) atoms. The highest BCUT2D eigenvalue weighted by molar-refractivity contribution is 7.90. The SMILES string of the molecule is O=C1C[C@]2(C(=O)NS(=O)(=O)C3CC3)C[C@H]2/C=C\CCCCC[C@H](Cc2nccc(F)n2)C(=O)N2C[C@H](Oc3nc(-c4ccc(C(F)(F)F)cc4)nc4c3oc3ccccc34)C[C@@H]12. The number of fused-ring (bicyclic) bond motifs is 5. The van der Waals surface area contributed by atoms with Crippen LogP contribution in [-0.4, -0.2) is 74.8 Å². The molecule has 4 aliphatic rings. The Bertz CT molecular complexity index is 2710. The van der Waals surface area contributed by atoms with E-state index in [9.17, 15) is 40.4 Å². The van der Waals surface area contributed by atoms with Gasteiger partial charge in [-0.2, -0.15) is 22.5 Å². The second-order valence-corrected chi connectivity index (χ2v) is 18.7. The predicted octanol–water partition coefficient (Wildman–Crippen LogP) is 7.29. The van der Waals surface area contributed by atoms with E-state index in [1.54, 1.807) is 24.3 Å². The van der Waals surface area contributed by atoms with Gasteiger partial charge in [-0.25, -0.2) is 23.4 Å². The Hall–Kier alpha value is -5.78. The van der Waals surface area contributed by atoms with Crippen LogP contribution in [0.1, 0.15) is 75.6 Å². The number of ether oxygens (including phenoxy) is 1. The van der Waals surface area contributed by atoms with Crippen LogP contribution < -0.4 is 9.46 Å². The third kappa shape index (κ3) is 8.40. The van der Waals surface area contributed by atoms with Gasteiger partial charge in [-0.15, -0.1) is 0 Å². The molecular weight excluding hydrogens is 833 g/mol. The molecule has 5 heterocycles. The van der Waals surface area contributed by atoms with E-state index < -0.39 is 80.0 Å². The summed E-state index contributed by atoms with van der Waals surface area (Å²) in [4.78, 5) is 62.2. The van der Waals surface area contributed by atoms with E-state index >= 15 is 0 Å². The number of Topliss-reactive ketones (excluding diaryl/α,β-unsaturated/α-hetero) is 1. The third-order valence-electron chi connectivity index (χ3n) is 12.4. The van der Waals surface area contributed by atoms with Gasteiger partial charge in [0, 0.05) is 48.4 Å². The van der Waals surface area contributed by atoms with Crippen molar-refractivity contribution in [3.63, 3.8) is 0 Å². The second-order valence-electron chi connectivity index (χ2n) is 16.7. The minimum absolute atomic E-state index is 0.00508. The topological polar surface area (TPSA) is 175 Å². The molecule has 324 valence electrons. The van der Waals surface area contributed by atoms with Gasteiger partial charge in [0.15, 0.2) is 11.6 Å². The van der Waals surface area contributed by atoms with Crippen LogP contribution in [0.15, 0.2) is 77.4 Å². The lowest BCUT2D eigenvalue weighted by molar-refractivity contribution is -0.142. The molecule has 2 saturated carbocycles. The first-order valence-corrected chi connectivity index (χ1v) is 22.3. The van der Waals surface area contributed by atoms with E-state index in [-0.39, 0.29) is 60.9 Å². The Balaban J connectivity index is 1.07. The molecular formula is C44H42F4N6O7S. The summed E-state index contributed by atoms with van der Waals surface area (Å²) in [5.74, 6) is -3.42. The second kappa shape index (κ2) is 16.2. The third-order valence-corrected chi connectivity index (χ3v) is 14.2. The Labute approximate surface area is 353 Å². The first-order chi connectivity index (χ1) is 29.7. The maximum absolute atomic E-state index is 14.8. The highest BCUT2D eigenvalue weighted by atomic mass is 32.2. The standard InChI is InChI=1S/C44H42F4N6O7S/c45-35-18-19-49-36(50-35)20-26-8-4-2-1-3-5-9-28-22-43(28,42(57)53-62(58,59)30-16-17-30)23-33(55)32-21-29(24-54(32)41(26)56)60-40-38-37(31-10-6-7-11-34(31)61-38)51-39(52-40)25-12-14-27(15-13-25)44(46,47)48/h5-7,9-15,18-19,26,28-30,32H,1-4,8,16-17,20-24H2,(H,53,57)/b9-5-/t26-,28-,29-,32+,43-/m1/s1. The van der Waals surface area contributed by atoms with Crippen molar-refractivity contribution < 1.29 is 49.5 Å². The number of aromatic nitrogens is 4. The number of benzene rings is 2. The predicted molar refractivity (Wildman–Crippen MR) is 216 cm³/mol. The van der Waals surface area contributed by atoms with Gasteiger partial charge in [0.05, 0.1) is 28.8 Å². The van der Waals surface area contributed by atoms with Gasteiger partial charge in [0.1, 0.15) is 23.0 Å². The lowest BCUT2D eigenvalue weighted by Gasteiger charge is -2.29. The summed E-state index contributed by atoms with van der Waals surface area (Å²) in [6.07, 6.45) is 3.64. The minimum atomic E-state index is -4.56. The number of nitrogens with zero attached hydrogens (tertiary/aromatic N) is 5. The summed E-state index contributed by atoms with van der Waals surface area (Å²) in [6, 6.07) is 11.4. The zero-order chi connectivity index (χ0) is 43.4. The number of alkyl halides is 3. The Morgan fingerprint density at radius 3 is 2.53 bits per heavy atom.